The van der Waals surface area contributed by atoms with Crippen molar-refractivity contribution in [2.45, 2.75) is 0 Å². The molecule has 7 heteroatoms. The Morgan fingerprint density at radius 1 is 1.00 bits per heavy atom. The summed E-state index contributed by atoms with van der Waals surface area (Å²) in [5.41, 5.74) is 12.8. The van der Waals surface area contributed by atoms with Crippen LogP contribution in [-0.4, -0.2) is 16.7 Å². The Labute approximate surface area is 131 Å². The van der Waals surface area contributed by atoms with Gasteiger partial charge in [0.05, 0.1) is 5.69 Å². The summed E-state index contributed by atoms with van der Waals surface area (Å²) in [6.07, 6.45) is 1.70. The molecule has 0 radical (unpaired) electrons. The molecule has 0 aliphatic heterocycles. The largest absolute Gasteiger partial charge is 0.369 e. The summed E-state index contributed by atoms with van der Waals surface area (Å²) in [5.74, 6) is -0.0921. The van der Waals surface area contributed by atoms with E-state index in [1.165, 1.54) is 0 Å². The second-order valence-corrected chi connectivity index (χ2v) is 4.62. The topological polar surface area (TPSA) is 89.7 Å². The third kappa shape index (κ3) is 4.32. The summed E-state index contributed by atoms with van der Waals surface area (Å²) in [4.78, 5) is 4.30. The van der Waals surface area contributed by atoms with E-state index in [-0.39, 0.29) is 18.4 Å². The molecule has 0 saturated carbocycles. The number of guanidine groups is 1. The van der Waals surface area contributed by atoms with Crippen LogP contribution in [0, 0.1) is 0 Å². The lowest BCUT2D eigenvalue weighted by atomic mass is 10.1. The Hall–Kier alpha value is -1.92. The van der Waals surface area contributed by atoms with Gasteiger partial charge >= 0.3 is 0 Å². The van der Waals surface area contributed by atoms with Gasteiger partial charge < -0.3 is 11.5 Å². The van der Waals surface area contributed by atoms with Crippen LogP contribution in [0.15, 0.2) is 63.3 Å². The number of rotatable bonds is 3. The number of nitrogens with two attached hydrogens (primary N) is 2. The minimum Gasteiger partial charge on any atom is -0.369 e. The molecule has 0 aliphatic carbocycles. The third-order valence-electron chi connectivity index (χ3n) is 2.28. The van der Waals surface area contributed by atoms with E-state index >= 15 is 0 Å². The minimum atomic E-state index is -0.0921. The van der Waals surface area contributed by atoms with Gasteiger partial charge in [0.2, 0.25) is 5.96 Å². The van der Waals surface area contributed by atoms with Gasteiger partial charge in [-0.15, -0.1) is 22.6 Å². The molecule has 0 aliphatic rings. The van der Waals surface area contributed by atoms with Crippen molar-refractivity contribution >= 4 is 40.0 Å². The predicted octanol–water partition coefficient (Wildman–Crippen LogP) is 2.29. The number of halogens is 2. The molecule has 2 rings (SSSR count). The van der Waals surface area contributed by atoms with Crippen molar-refractivity contribution < 1.29 is 0 Å². The van der Waals surface area contributed by atoms with Gasteiger partial charge in [0, 0.05) is 16.2 Å². The average molecular weight is 355 g/mol. The van der Waals surface area contributed by atoms with Crippen LogP contribution in [0.25, 0.3) is 0 Å². The average Bonchev–Trinajstić information content (AvgIpc) is 2.42. The van der Waals surface area contributed by atoms with Gasteiger partial charge in [0.15, 0.2) is 0 Å². The molecule has 20 heavy (non-hydrogen) atoms. The molecule has 0 unspecified atom stereocenters. The van der Waals surface area contributed by atoms with Crippen molar-refractivity contribution in [3.63, 3.8) is 0 Å². The molecule has 5 nitrogen and oxygen atoms in total. The Morgan fingerprint density at radius 3 is 2.25 bits per heavy atom. The molecule has 1 aromatic heterocycles. The quantitative estimate of drug-likeness (QED) is 0.503. The number of benzene rings is 1. The minimum absolute atomic E-state index is 0. The van der Waals surface area contributed by atoms with Crippen molar-refractivity contribution in [2.24, 2.45) is 21.7 Å². The van der Waals surface area contributed by atoms with Gasteiger partial charge in [0.1, 0.15) is 5.71 Å². The van der Waals surface area contributed by atoms with Crippen LogP contribution in [0.2, 0.25) is 0 Å². The van der Waals surface area contributed by atoms with Crippen LogP contribution in [0.5, 0.6) is 0 Å². The molecule has 0 spiro atoms. The summed E-state index contributed by atoms with van der Waals surface area (Å²) >= 11 is 3.34. The zero-order valence-corrected chi connectivity index (χ0v) is 12.8. The molecule has 2 aromatic rings. The van der Waals surface area contributed by atoms with Gasteiger partial charge in [0.25, 0.3) is 0 Å². The summed E-state index contributed by atoms with van der Waals surface area (Å²) in [6.45, 7) is 0. The van der Waals surface area contributed by atoms with Crippen LogP contribution < -0.4 is 11.5 Å². The highest BCUT2D eigenvalue weighted by atomic mass is 79.9. The zero-order valence-electron chi connectivity index (χ0n) is 10.4. The highest BCUT2D eigenvalue weighted by molar-refractivity contribution is 9.10. The molecule has 1 heterocycles. The predicted molar refractivity (Wildman–Crippen MR) is 87.1 cm³/mol. The molecule has 0 fully saturated rings. The summed E-state index contributed by atoms with van der Waals surface area (Å²) in [6, 6.07) is 13.3. The van der Waals surface area contributed by atoms with E-state index in [1.807, 2.05) is 42.5 Å². The zero-order chi connectivity index (χ0) is 13.7. The monoisotopic (exact) mass is 353 g/mol. The number of nitrogens with zero attached hydrogens (tertiary/aromatic N) is 3. The maximum Gasteiger partial charge on any atom is 0.211 e. The van der Waals surface area contributed by atoms with Crippen LogP contribution in [-0.2, 0) is 0 Å². The number of aromatic nitrogens is 1. The lowest BCUT2D eigenvalue weighted by molar-refractivity contribution is 1.18. The molecule has 0 bridgehead atoms. The second kappa shape index (κ2) is 7.62. The highest BCUT2D eigenvalue weighted by Gasteiger charge is 2.08. The molecule has 0 saturated heterocycles. The van der Waals surface area contributed by atoms with Gasteiger partial charge in [-0.3, -0.25) is 4.98 Å². The Kier molecular flexibility index (Phi) is 6.14. The summed E-state index contributed by atoms with van der Waals surface area (Å²) in [7, 11) is 0. The van der Waals surface area contributed by atoms with Gasteiger partial charge in [-0.2, -0.15) is 0 Å². The number of hydrogen-bond acceptors (Lipinski definition) is 3. The standard InChI is InChI=1S/C13H12BrN5.ClH/c14-10-6-7-11(17-8-10)12(18-19-13(15)16)9-4-2-1-3-5-9;/h1-8H,(H4,15,16,19);1H/b18-12-;. The van der Waals surface area contributed by atoms with Crippen molar-refractivity contribution in [3.8, 4) is 0 Å². The summed E-state index contributed by atoms with van der Waals surface area (Å²) < 4.78 is 0.894. The first-order valence-electron chi connectivity index (χ1n) is 5.51. The van der Waals surface area contributed by atoms with E-state index in [0.717, 1.165) is 10.0 Å². The van der Waals surface area contributed by atoms with E-state index < -0.39 is 0 Å². The van der Waals surface area contributed by atoms with Crippen molar-refractivity contribution in [1.82, 2.24) is 4.98 Å². The van der Waals surface area contributed by atoms with Crippen LogP contribution >= 0.6 is 28.3 Å². The molecule has 4 N–H and O–H groups in total. The molecular formula is C13H13BrClN5. The first kappa shape index (κ1) is 16.1. The first-order chi connectivity index (χ1) is 9.16. The fourth-order valence-corrected chi connectivity index (χ4v) is 1.71. The van der Waals surface area contributed by atoms with Crippen LogP contribution in [0.4, 0.5) is 0 Å². The third-order valence-corrected chi connectivity index (χ3v) is 2.75. The highest BCUT2D eigenvalue weighted by Crippen LogP contribution is 2.12. The van der Waals surface area contributed by atoms with Crippen molar-refractivity contribution in [2.75, 3.05) is 0 Å². The Bertz CT molecular complexity index is 606. The molecular weight excluding hydrogens is 342 g/mol. The Morgan fingerprint density at radius 2 is 1.70 bits per heavy atom. The van der Waals surface area contributed by atoms with E-state index in [0.29, 0.717) is 11.4 Å². The van der Waals surface area contributed by atoms with Crippen LogP contribution in [0.1, 0.15) is 11.3 Å². The summed E-state index contributed by atoms with van der Waals surface area (Å²) in [5, 5.41) is 7.78. The first-order valence-corrected chi connectivity index (χ1v) is 6.30. The maximum absolute atomic E-state index is 5.31. The Balaban J connectivity index is 0.00000200. The molecule has 1 aromatic carbocycles. The van der Waals surface area contributed by atoms with Crippen LogP contribution in [0.3, 0.4) is 0 Å². The lowest BCUT2D eigenvalue weighted by Gasteiger charge is -2.04. The number of pyridine rings is 1. The fraction of sp³-hybridized carbons (Fsp3) is 0. The smallest absolute Gasteiger partial charge is 0.211 e. The van der Waals surface area contributed by atoms with E-state index in [1.54, 1.807) is 6.20 Å². The normalized spacial score (nSPS) is 10.6. The second-order valence-electron chi connectivity index (χ2n) is 3.70. The van der Waals surface area contributed by atoms with Gasteiger partial charge in [-0.05, 0) is 28.1 Å². The van der Waals surface area contributed by atoms with E-state index in [4.69, 9.17) is 11.5 Å². The van der Waals surface area contributed by atoms with Crippen molar-refractivity contribution in [3.05, 3.63) is 64.4 Å². The van der Waals surface area contributed by atoms with Crippen molar-refractivity contribution in [1.29, 1.82) is 0 Å². The lowest BCUT2D eigenvalue weighted by Crippen LogP contribution is -2.22. The van der Waals surface area contributed by atoms with Gasteiger partial charge in [-0.1, -0.05) is 30.3 Å². The fourth-order valence-electron chi connectivity index (χ4n) is 1.48. The number of hydrogen-bond donors (Lipinski definition) is 2. The molecule has 104 valence electrons. The maximum atomic E-state index is 5.31. The van der Waals surface area contributed by atoms with Gasteiger partial charge in [-0.25, -0.2) is 0 Å². The molecule has 0 atom stereocenters. The van der Waals surface area contributed by atoms with E-state index in [2.05, 4.69) is 31.1 Å². The SMILES string of the molecule is Cl.NC(N)=N/N=C(/c1ccccc1)c1ccc(Br)cn1. The van der Waals surface area contributed by atoms with E-state index in [9.17, 15) is 0 Å². The molecule has 0 amide bonds.